The number of methoxy groups -OCH3 is 1. The average molecular weight is 393 g/mol. The molecule has 1 aliphatic heterocycles. The number of aromatic nitrogens is 1. The van der Waals surface area contributed by atoms with Crippen molar-refractivity contribution >= 4 is 35.1 Å². The smallest absolute Gasteiger partial charge is 0.321 e. The van der Waals surface area contributed by atoms with E-state index in [0.29, 0.717) is 11.3 Å². The summed E-state index contributed by atoms with van der Waals surface area (Å²) < 4.78 is 10.4. The highest BCUT2D eigenvalue weighted by Gasteiger charge is 2.25. The SMILES string of the molecule is COc1cccc2c(N3CCC(COP(O)(O)=S)CC3)c(C#N)cnc12. The zero-order valence-electron chi connectivity index (χ0n) is 14.3. The molecule has 0 bridgehead atoms. The molecule has 2 aromatic rings. The molecule has 0 aliphatic carbocycles. The van der Waals surface area contributed by atoms with Gasteiger partial charge in [0.15, 0.2) is 0 Å². The van der Waals surface area contributed by atoms with Crippen molar-refractivity contribution < 1.29 is 19.0 Å². The minimum absolute atomic E-state index is 0.209. The summed E-state index contributed by atoms with van der Waals surface area (Å²) in [6, 6.07) is 7.92. The Morgan fingerprint density at radius 1 is 1.38 bits per heavy atom. The second kappa shape index (κ2) is 7.87. The van der Waals surface area contributed by atoms with Crippen molar-refractivity contribution in [1.29, 1.82) is 5.26 Å². The number of rotatable bonds is 5. The maximum atomic E-state index is 9.53. The Labute approximate surface area is 157 Å². The molecule has 0 radical (unpaired) electrons. The number of pyridine rings is 1. The maximum absolute atomic E-state index is 9.53. The average Bonchev–Trinajstić information content (AvgIpc) is 2.64. The van der Waals surface area contributed by atoms with E-state index in [0.717, 1.165) is 42.5 Å². The lowest BCUT2D eigenvalue weighted by molar-refractivity contribution is 0.191. The normalized spacial score (nSPS) is 15.8. The van der Waals surface area contributed by atoms with Crippen LogP contribution in [0.4, 0.5) is 5.69 Å². The molecule has 2 heterocycles. The summed E-state index contributed by atoms with van der Waals surface area (Å²) in [5.41, 5.74) is 2.13. The molecule has 0 amide bonds. The van der Waals surface area contributed by atoms with Gasteiger partial charge < -0.3 is 23.9 Å². The fourth-order valence-electron chi connectivity index (χ4n) is 3.29. The first kappa shape index (κ1) is 19.0. The van der Waals surface area contributed by atoms with Gasteiger partial charge in [0.25, 0.3) is 0 Å². The largest absolute Gasteiger partial charge is 0.494 e. The van der Waals surface area contributed by atoms with E-state index in [1.807, 2.05) is 18.2 Å². The summed E-state index contributed by atoms with van der Waals surface area (Å²) in [4.78, 5) is 25.0. The van der Waals surface area contributed by atoms with Gasteiger partial charge in [-0.15, -0.1) is 0 Å². The van der Waals surface area contributed by atoms with Crippen LogP contribution < -0.4 is 9.64 Å². The number of nitriles is 1. The zero-order chi connectivity index (χ0) is 18.7. The van der Waals surface area contributed by atoms with Gasteiger partial charge in [-0.3, -0.25) is 4.98 Å². The fourth-order valence-corrected chi connectivity index (χ4v) is 3.88. The van der Waals surface area contributed by atoms with Gasteiger partial charge in [0.05, 0.1) is 25.0 Å². The quantitative estimate of drug-likeness (QED) is 0.748. The molecular weight excluding hydrogens is 373 g/mol. The first-order valence-corrected chi connectivity index (χ1v) is 10.9. The van der Waals surface area contributed by atoms with E-state index >= 15 is 0 Å². The van der Waals surface area contributed by atoms with E-state index in [1.165, 1.54) is 0 Å². The Morgan fingerprint density at radius 2 is 2.12 bits per heavy atom. The maximum Gasteiger partial charge on any atom is 0.321 e. The van der Waals surface area contributed by atoms with Gasteiger partial charge in [-0.2, -0.15) is 5.26 Å². The van der Waals surface area contributed by atoms with Crippen LogP contribution in [0.1, 0.15) is 18.4 Å². The van der Waals surface area contributed by atoms with E-state index in [9.17, 15) is 15.0 Å². The molecular formula is C17H20N3O4PS. The van der Waals surface area contributed by atoms with Crippen LogP contribution in [0.5, 0.6) is 5.75 Å². The molecule has 138 valence electrons. The number of nitrogens with zero attached hydrogens (tertiary/aromatic N) is 3. The molecule has 1 aromatic heterocycles. The van der Waals surface area contributed by atoms with Gasteiger partial charge in [0.1, 0.15) is 17.3 Å². The summed E-state index contributed by atoms with van der Waals surface area (Å²) in [6.45, 7) is -1.89. The van der Waals surface area contributed by atoms with E-state index in [-0.39, 0.29) is 12.5 Å². The minimum Gasteiger partial charge on any atom is -0.494 e. The van der Waals surface area contributed by atoms with Gasteiger partial charge in [-0.25, -0.2) is 0 Å². The third-order valence-electron chi connectivity index (χ3n) is 4.58. The minimum atomic E-state index is -3.61. The van der Waals surface area contributed by atoms with Crippen LogP contribution in [0, 0.1) is 17.2 Å². The Morgan fingerprint density at radius 3 is 2.73 bits per heavy atom. The molecule has 1 aromatic carbocycles. The summed E-state index contributed by atoms with van der Waals surface area (Å²) in [5, 5.41) is 10.4. The first-order chi connectivity index (χ1) is 12.4. The standard InChI is InChI=1S/C17H20N3O4PS/c1-23-15-4-2-3-14-16(15)19-10-13(9-18)17(14)20-7-5-12(6-8-20)11-24-25(21,22)26/h2-4,10,12H,5-8,11H2,1H3,(H2,21,22,26). The number of hydrogen-bond acceptors (Lipinski definition) is 6. The van der Waals surface area contributed by atoms with E-state index < -0.39 is 6.72 Å². The van der Waals surface area contributed by atoms with Crippen molar-refractivity contribution in [2.45, 2.75) is 12.8 Å². The Bertz CT molecular complexity index is 887. The molecule has 26 heavy (non-hydrogen) atoms. The van der Waals surface area contributed by atoms with Crippen molar-refractivity contribution in [3.8, 4) is 11.8 Å². The number of para-hydroxylation sites is 1. The van der Waals surface area contributed by atoms with Crippen molar-refractivity contribution in [1.82, 2.24) is 4.98 Å². The molecule has 7 nitrogen and oxygen atoms in total. The molecule has 0 saturated carbocycles. The van der Waals surface area contributed by atoms with Gasteiger partial charge in [-0.05, 0) is 36.6 Å². The molecule has 2 N–H and O–H groups in total. The Hall–Kier alpha value is -1.75. The monoisotopic (exact) mass is 393 g/mol. The third-order valence-corrected chi connectivity index (χ3v) is 5.38. The molecule has 1 aliphatic rings. The molecule has 9 heteroatoms. The summed E-state index contributed by atoms with van der Waals surface area (Å²) >= 11 is 4.50. The Balaban J connectivity index is 1.85. The van der Waals surface area contributed by atoms with Crippen molar-refractivity contribution in [3.05, 3.63) is 30.0 Å². The lowest BCUT2D eigenvalue weighted by Gasteiger charge is -2.34. The summed E-state index contributed by atoms with van der Waals surface area (Å²) in [6.07, 6.45) is 3.21. The topological polar surface area (TPSA) is 98.8 Å². The fraction of sp³-hybridized carbons (Fsp3) is 0.412. The van der Waals surface area contributed by atoms with Crippen LogP contribution in [-0.2, 0) is 16.3 Å². The number of anilines is 1. The number of fused-ring (bicyclic) bond motifs is 1. The molecule has 1 fully saturated rings. The predicted molar refractivity (Wildman–Crippen MR) is 103 cm³/mol. The molecule has 0 atom stereocenters. The van der Waals surface area contributed by atoms with Crippen molar-refractivity contribution in [2.75, 3.05) is 31.7 Å². The first-order valence-electron chi connectivity index (χ1n) is 8.24. The van der Waals surface area contributed by atoms with E-state index in [4.69, 9.17) is 9.26 Å². The predicted octanol–water partition coefficient (Wildman–Crippen LogP) is 2.56. The van der Waals surface area contributed by atoms with Gasteiger partial charge in [0.2, 0.25) is 0 Å². The highest BCUT2D eigenvalue weighted by molar-refractivity contribution is 8.06. The Kier molecular flexibility index (Phi) is 5.76. The second-order valence-electron chi connectivity index (χ2n) is 6.21. The van der Waals surface area contributed by atoms with Crippen LogP contribution >= 0.6 is 6.72 Å². The van der Waals surface area contributed by atoms with Gasteiger partial charge >= 0.3 is 6.72 Å². The van der Waals surface area contributed by atoms with Crippen LogP contribution in [0.3, 0.4) is 0 Å². The second-order valence-corrected chi connectivity index (χ2v) is 8.87. The molecule has 0 unspecified atom stereocenters. The lowest BCUT2D eigenvalue weighted by Crippen LogP contribution is -2.35. The highest BCUT2D eigenvalue weighted by Crippen LogP contribution is 2.39. The van der Waals surface area contributed by atoms with Crippen molar-refractivity contribution in [2.24, 2.45) is 5.92 Å². The molecule has 0 spiro atoms. The van der Waals surface area contributed by atoms with Crippen LogP contribution in [0.25, 0.3) is 10.9 Å². The molecule has 1 saturated heterocycles. The van der Waals surface area contributed by atoms with E-state index in [2.05, 4.69) is 27.8 Å². The highest BCUT2D eigenvalue weighted by atomic mass is 32.5. The number of hydrogen-bond donors (Lipinski definition) is 2. The number of piperidine rings is 1. The molecule has 3 rings (SSSR count). The van der Waals surface area contributed by atoms with E-state index in [1.54, 1.807) is 13.3 Å². The van der Waals surface area contributed by atoms with Crippen molar-refractivity contribution in [3.63, 3.8) is 0 Å². The van der Waals surface area contributed by atoms with Gasteiger partial charge in [0, 0.05) is 24.7 Å². The lowest BCUT2D eigenvalue weighted by atomic mass is 9.96. The van der Waals surface area contributed by atoms with Crippen LogP contribution in [0.15, 0.2) is 24.4 Å². The zero-order valence-corrected chi connectivity index (χ0v) is 16.0. The third kappa shape index (κ3) is 4.14. The summed E-state index contributed by atoms with van der Waals surface area (Å²) in [7, 11) is 1.60. The summed E-state index contributed by atoms with van der Waals surface area (Å²) in [5.74, 6) is 0.884. The number of benzene rings is 1. The van der Waals surface area contributed by atoms with Crippen LogP contribution in [-0.4, -0.2) is 41.6 Å². The van der Waals surface area contributed by atoms with Gasteiger partial charge in [-0.1, -0.05) is 12.1 Å². The van der Waals surface area contributed by atoms with Crippen LogP contribution in [0.2, 0.25) is 0 Å². The number of ether oxygens (including phenoxy) is 1.